The van der Waals surface area contributed by atoms with E-state index in [-0.39, 0.29) is 12.4 Å². The lowest BCUT2D eigenvalue weighted by Crippen LogP contribution is -1.85. The summed E-state index contributed by atoms with van der Waals surface area (Å²) in [5.41, 5.74) is 0. The molecule has 0 nitrogen and oxygen atoms in total. The molecule has 0 aromatic heterocycles. The monoisotopic (exact) mass is 205 g/mol. The zero-order valence-electron chi connectivity index (χ0n) is 8.64. The Morgan fingerprint density at radius 1 is 0.833 bits per heavy atom. The van der Waals surface area contributed by atoms with Gasteiger partial charge in [-0.1, -0.05) is 52.4 Å². The standard InChI is InChI=1S/C8H17.C2H5.Al.ClH/c1-3-5-7-8-6-4-2;1-2;;/h1,3-8H2,2H3;1H2,2H3;;1H. The van der Waals surface area contributed by atoms with Gasteiger partial charge in [0.2, 0.25) is 0 Å². The van der Waals surface area contributed by atoms with E-state index in [4.69, 9.17) is 0 Å². The van der Waals surface area contributed by atoms with E-state index >= 15 is 0 Å². The largest absolute Gasteiger partial charge is 0.199 e. The van der Waals surface area contributed by atoms with E-state index in [1.165, 1.54) is 43.8 Å². The molecule has 0 aromatic rings. The first-order valence-corrected chi connectivity index (χ1v) is 6.86. The smallest absolute Gasteiger partial charge is 0.147 e. The van der Waals surface area contributed by atoms with Crippen molar-refractivity contribution in [1.29, 1.82) is 0 Å². The number of unbranched alkanes of at least 4 members (excludes halogenated alkanes) is 5. The van der Waals surface area contributed by atoms with Crippen molar-refractivity contribution in [3.05, 3.63) is 0 Å². The van der Waals surface area contributed by atoms with Gasteiger partial charge in [0.25, 0.3) is 0 Å². The first-order chi connectivity index (χ1) is 5.41. The molecule has 73 valence electrons. The second kappa shape index (κ2) is 14.4. The van der Waals surface area contributed by atoms with Gasteiger partial charge in [0, 0.05) is 0 Å². The highest BCUT2D eigenvalue weighted by atomic mass is 35.5. The highest BCUT2D eigenvalue weighted by molar-refractivity contribution is 6.35. The van der Waals surface area contributed by atoms with Gasteiger partial charge in [-0.2, -0.15) is 0 Å². The molecule has 1 radical (unpaired) electrons. The quantitative estimate of drug-likeness (QED) is 0.409. The van der Waals surface area contributed by atoms with E-state index in [0.717, 1.165) is 15.2 Å². The first kappa shape index (κ1) is 15.3. The number of hydrogen-bond donors (Lipinski definition) is 0. The van der Waals surface area contributed by atoms with Crippen LogP contribution in [0.15, 0.2) is 0 Å². The molecule has 12 heavy (non-hydrogen) atoms. The third-order valence-electron chi connectivity index (χ3n) is 2.05. The zero-order chi connectivity index (χ0) is 8.36. The van der Waals surface area contributed by atoms with Crippen molar-refractivity contribution in [1.82, 2.24) is 0 Å². The van der Waals surface area contributed by atoms with E-state index < -0.39 is 0 Å². The van der Waals surface area contributed by atoms with Gasteiger partial charge < -0.3 is 0 Å². The van der Waals surface area contributed by atoms with Crippen LogP contribution < -0.4 is 0 Å². The average molecular weight is 206 g/mol. The van der Waals surface area contributed by atoms with Crippen molar-refractivity contribution < 1.29 is 0 Å². The molecular formula is C10H23AlCl. The van der Waals surface area contributed by atoms with Crippen molar-refractivity contribution in [3.8, 4) is 0 Å². The minimum Gasteiger partial charge on any atom is -0.147 e. The molecule has 0 bridgehead atoms. The second-order valence-corrected chi connectivity index (χ2v) is 5.22. The summed E-state index contributed by atoms with van der Waals surface area (Å²) in [7, 11) is 0. The van der Waals surface area contributed by atoms with Crippen LogP contribution in [-0.2, 0) is 0 Å². The van der Waals surface area contributed by atoms with E-state index in [1.807, 2.05) is 0 Å². The predicted octanol–water partition coefficient (Wildman–Crippen LogP) is 4.33. The molecule has 0 saturated carbocycles. The number of hydrogen-bond acceptors (Lipinski definition) is 0. The molecule has 0 fully saturated rings. The lowest BCUT2D eigenvalue weighted by atomic mass is 10.1. The molecular weight excluding hydrogens is 183 g/mol. The molecule has 0 N–H and O–H groups in total. The minimum atomic E-state index is 0. The van der Waals surface area contributed by atoms with Crippen molar-refractivity contribution in [2.24, 2.45) is 0 Å². The fourth-order valence-electron chi connectivity index (χ4n) is 1.27. The highest BCUT2D eigenvalue weighted by Gasteiger charge is 1.90. The summed E-state index contributed by atoms with van der Waals surface area (Å²) in [5, 5.41) is 3.00. The van der Waals surface area contributed by atoms with Crippen molar-refractivity contribution in [2.45, 2.75) is 62.9 Å². The Bertz CT molecular complexity index is 58.9. The fourth-order valence-corrected chi connectivity index (χ4v) is 2.26. The molecule has 0 heterocycles. The van der Waals surface area contributed by atoms with E-state index in [2.05, 4.69) is 13.8 Å². The Morgan fingerprint density at radius 3 is 2.00 bits per heavy atom. The van der Waals surface area contributed by atoms with Gasteiger partial charge in [0.1, 0.15) is 0 Å². The molecule has 0 aliphatic rings. The summed E-state index contributed by atoms with van der Waals surface area (Å²) < 4.78 is 0. The van der Waals surface area contributed by atoms with Gasteiger partial charge in [-0.25, -0.2) is 0 Å². The van der Waals surface area contributed by atoms with E-state index in [9.17, 15) is 0 Å². The van der Waals surface area contributed by atoms with Crippen LogP contribution in [0.1, 0.15) is 52.4 Å². The maximum Gasteiger partial charge on any atom is 0.199 e. The molecule has 0 saturated heterocycles. The van der Waals surface area contributed by atoms with Crippen LogP contribution in [0.5, 0.6) is 0 Å². The molecule has 0 aliphatic heterocycles. The van der Waals surface area contributed by atoms with Crippen LogP contribution in [0.2, 0.25) is 10.6 Å². The molecule has 0 aliphatic carbocycles. The van der Waals surface area contributed by atoms with Crippen LogP contribution in [-0.4, -0.2) is 15.2 Å². The maximum absolute atomic E-state index is 2.31. The summed E-state index contributed by atoms with van der Waals surface area (Å²) in [6.07, 6.45) is 8.77. The third kappa shape index (κ3) is 13.4. The SMILES string of the molecule is CCCCCCC[CH2][Al][CH2]C.Cl. The van der Waals surface area contributed by atoms with Crippen LogP contribution in [0.3, 0.4) is 0 Å². The van der Waals surface area contributed by atoms with Crippen LogP contribution in [0, 0.1) is 0 Å². The maximum atomic E-state index is 2.31. The Kier molecular flexibility index (Phi) is 18.3. The van der Waals surface area contributed by atoms with Gasteiger partial charge in [-0.15, -0.1) is 23.0 Å². The van der Waals surface area contributed by atoms with Crippen molar-refractivity contribution >= 4 is 27.6 Å². The third-order valence-corrected chi connectivity index (χ3v) is 3.44. The molecule has 0 spiro atoms. The van der Waals surface area contributed by atoms with Crippen LogP contribution in [0.25, 0.3) is 0 Å². The van der Waals surface area contributed by atoms with Gasteiger partial charge >= 0.3 is 0 Å². The lowest BCUT2D eigenvalue weighted by Gasteiger charge is -1.98. The molecule has 0 unspecified atom stereocenters. The molecule has 0 amide bonds. The van der Waals surface area contributed by atoms with Crippen molar-refractivity contribution in [2.75, 3.05) is 0 Å². The van der Waals surface area contributed by atoms with E-state index in [0.29, 0.717) is 0 Å². The van der Waals surface area contributed by atoms with Gasteiger partial charge in [0.05, 0.1) is 0 Å². The molecule has 0 atom stereocenters. The summed E-state index contributed by atoms with van der Waals surface area (Å²) in [4.78, 5) is 0. The number of rotatable bonds is 8. The Balaban J connectivity index is 0. The molecule has 2 heteroatoms. The fraction of sp³-hybridized carbons (Fsp3) is 1.00. The van der Waals surface area contributed by atoms with Crippen LogP contribution in [0.4, 0.5) is 0 Å². The second-order valence-electron chi connectivity index (χ2n) is 3.25. The van der Waals surface area contributed by atoms with Gasteiger partial charge in [0.15, 0.2) is 15.2 Å². The highest BCUT2D eigenvalue weighted by Crippen LogP contribution is 2.06. The summed E-state index contributed by atoms with van der Waals surface area (Å²) in [6.45, 7) is 4.59. The van der Waals surface area contributed by atoms with E-state index in [1.54, 1.807) is 5.28 Å². The van der Waals surface area contributed by atoms with Crippen LogP contribution >= 0.6 is 12.4 Å². The van der Waals surface area contributed by atoms with Gasteiger partial charge in [-0.05, 0) is 0 Å². The predicted molar refractivity (Wildman–Crippen MR) is 61.7 cm³/mol. The summed E-state index contributed by atoms with van der Waals surface area (Å²) in [5.74, 6) is 0. The Morgan fingerprint density at radius 2 is 1.42 bits per heavy atom. The zero-order valence-corrected chi connectivity index (χ0v) is 10.6. The minimum absolute atomic E-state index is 0. The van der Waals surface area contributed by atoms with Gasteiger partial charge in [-0.3, -0.25) is 0 Å². The number of halogens is 1. The summed E-state index contributed by atoms with van der Waals surface area (Å²) >= 11 is 0.805. The average Bonchev–Trinajstić information content (AvgIpc) is 2.03. The Hall–Kier alpha value is 0.822. The Labute approximate surface area is 90.6 Å². The topological polar surface area (TPSA) is 0 Å². The molecule has 0 rings (SSSR count). The summed E-state index contributed by atoms with van der Waals surface area (Å²) in [6, 6.07) is 0. The lowest BCUT2D eigenvalue weighted by molar-refractivity contribution is 0.624. The molecule has 0 aromatic carbocycles. The van der Waals surface area contributed by atoms with Crippen molar-refractivity contribution in [3.63, 3.8) is 0 Å². The first-order valence-electron chi connectivity index (χ1n) is 5.23. The normalized spacial score (nSPS) is 9.17.